The summed E-state index contributed by atoms with van der Waals surface area (Å²) < 4.78 is 7.90. The van der Waals surface area contributed by atoms with Crippen molar-refractivity contribution in [1.82, 2.24) is 9.78 Å². The summed E-state index contributed by atoms with van der Waals surface area (Å²) in [6, 6.07) is 8.09. The van der Waals surface area contributed by atoms with E-state index < -0.39 is 0 Å². The predicted octanol–water partition coefficient (Wildman–Crippen LogP) is 4.64. The lowest BCUT2D eigenvalue weighted by Crippen LogP contribution is -2.19. The largest absolute Gasteiger partial charge is 0.493 e. The summed E-state index contributed by atoms with van der Waals surface area (Å²) in [5.74, 6) is 1.68. The lowest BCUT2D eigenvalue weighted by atomic mass is 10.0. The summed E-state index contributed by atoms with van der Waals surface area (Å²) in [5.41, 5.74) is 1.47. The highest BCUT2D eigenvalue weighted by Crippen LogP contribution is 2.44. The monoisotopic (exact) mass is 415 g/mol. The van der Waals surface area contributed by atoms with Gasteiger partial charge in [0, 0.05) is 5.56 Å². The lowest BCUT2D eigenvalue weighted by molar-refractivity contribution is -0.113. The maximum atomic E-state index is 13.1. The Bertz CT molecular complexity index is 912. The smallest absolute Gasteiger partial charge is 0.270 e. The maximum absolute atomic E-state index is 13.1. The summed E-state index contributed by atoms with van der Waals surface area (Å²) in [6.07, 6.45) is 7.74. The highest BCUT2D eigenvalue weighted by Gasteiger charge is 2.33. The van der Waals surface area contributed by atoms with Crippen molar-refractivity contribution in [2.45, 2.75) is 63.2 Å². The summed E-state index contributed by atoms with van der Waals surface area (Å²) in [4.78, 5) is 25.6. The van der Waals surface area contributed by atoms with Crippen LogP contribution in [-0.4, -0.2) is 28.0 Å². The van der Waals surface area contributed by atoms with E-state index >= 15 is 0 Å². The first kappa shape index (κ1) is 20.1. The van der Waals surface area contributed by atoms with Crippen LogP contribution in [0.15, 0.2) is 29.1 Å². The average molecular weight is 416 g/mol. The third kappa shape index (κ3) is 4.25. The third-order valence-electron chi connectivity index (χ3n) is 5.72. The lowest BCUT2D eigenvalue weighted by Gasteiger charge is -2.20. The van der Waals surface area contributed by atoms with Crippen LogP contribution in [0.2, 0.25) is 0 Å². The minimum Gasteiger partial charge on any atom is -0.493 e. The van der Waals surface area contributed by atoms with Crippen LogP contribution in [0.3, 0.4) is 0 Å². The van der Waals surface area contributed by atoms with E-state index in [9.17, 15) is 9.59 Å². The van der Waals surface area contributed by atoms with E-state index in [4.69, 9.17) is 4.74 Å². The quantitative estimate of drug-likeness (QED) is 0.698. The molecule has 1 fully saturated rings. The van der Waals surface area contributed by atoms with Crippen molar-refractivity contribution in [2.75, 3.05) is 17.7 Å². The third-order valence-corrected chi connectivity index (χ3v) is 6.97. The molecule has 1 aromatic heterocycles. The molecule has 1 saturated carbocycles. The molecule has 2 heterocycles. The number of hydrogen-bond acceptors (Lipinski definition) is 4. The molecule has 2 aromatic rings. The highest BCUT2D eigenvalue weighted by atomic mass is 32.2. The predicted molar refractivity (Wildman–Crippen MR) is 117 cm³/mol. The molecule has 29 heavy (non-hydrogen) atoms. The first-order valence-electron chi connectivity index (χ1n) is 10.7. The molecule has 1 aliphatic heterocycles. The van der Waals surface area contributed by atoms with Crippen LogP contribution in [0, 0.1) is 0 Å². The van der Waals surface area contributed by atoms with Crippen LogP contribution in [0.1, 0.15) is 74.3 Å². The number of nitrogens with one attached hydrogen (secondary N) is 2. The standard InChI is InChI=1S/C22H29N3O3S/c1-2-13-28-17-12-8-7-11-16(17)20-19-21(23-18(26)14-29-20)25(24-22(19)27)15-9-5-3-4-6-10-15/h7-8,11-12,15,20H,2-6,9-10,13-14H2,1H3,(H,23,26)(H,24,27)/t20-/m1/s1. The second kappa shape index (κ2) is 9.11. The number of ether oxygens (including phenoxy) is 1. The summed E-state index contributed by atoms with van der Waals surface area (Å²) >= 11 is 1.49. The van der Waals surface area contributed by atoms with Gasteiger partial charge >= 0.3 is 0 Å². The molecule has 0 radical (unpaired) electrons. The van der Waals surface area contributed by atoms with Crippen molar-refractivity contribution in [3.8, 4) is 5.75 Å². The molecule has 7 heteroatoms. The Kier molecular flexibility index (Phi) is 6.33. The van der Waals surface area contributed by atoms with Gasteiger partial charge in [-0.2, -0.15) is 0 Å². The maximum Gasteiger partial charge on any atom is 0.270 e. The van der Waals surface area contributed by atoms with Crippen LogP contribution in [0.25, 0.3) is 0 Å². The number of H-pyrrole nitrogens is 1. The summed E-state index contributed by atoms with van der Waals surface area (Å²) in [7, 11) is 0. The van der Waals surface area contributed by atoms with Crippen molar-refractivity contribution >= 4 is 23.5 Å². The average Bonchev–Trinajstić information content (AvgIpc) is 2.93. The van der Waals surface area contributed by atoms with Crippen molar-refractivity contribution in [3.63, 3.8) is 0 Å². The van der Waals surface area contributed by atoms with E-state index in [-0.39, 0.29) is 22.8 Å². The summed E-state index contributed by atoms with van der Waals surface area (Å²) in [5, 5.41) is 5.84. The first-order valence-corrected chi connectivity index (χ1v) is 11.7. The normalized spacial score (nSPS) is 20.4. The zero-order valence-electron chi connectivity index (χ0n) is 16.9. The van der Waals surface area contributed by atoms with Gasteiger partial charge in [0.2, 0.25) is 5.91 Å². The highest BCUT2D eigenvalue weighted by molar-refractivity contribution is 8.00. The van der Waals surface area contributed by atoms with Gasteiger partial charge in [-0.1, -0.05) is 50.8 Å². The first-order chi connectivity index (χ1) is 14.2. The SMILES string of the molecule is CCCOc1ccccc1[C@H]1SCC(=O)Nc2c1c(=O)[nH]n2C1CCCCCC1. The van der Waals surface area contributed by atoms with Gasteiger partial charge in [-0.3, -0.25) is 19.4 Å². The van der Waals surface area contributed by atoms with Crippen molar-refractivity contribution in [2.24, 2.45) is 0 Å². The molecule has 1 aromatic carbocycles. The van der Waals surface area contributed by atoms with Gasteiger partial charge in [0.05, 0.1) is 29.2 Å². The number of aromatic amines is 1. The molecule has 4 rings (SSSR count). The van der Waals surface area contributed by atoms with Crippen LogP contribution >= 0.6 is 11.8 Å². The fourth-order valence-corrected chi connectivity index (χ4v) is 5.47. The number of thioether (sulfide) groups is 1. The number of nitrogens with zero attached hydrogens (tertiary/aromatic N) is 1. The number of carbonyl (C=O) groups is 1. The van der Waals surface area contributed by atoms with E-state index in [1.54, 1.807) is 0 Å². The molecule has 1 aliphatic carbocycles. The molecular formula is C22H29N3O3S. The minimum absolute atomic E-state index is 0.0629. The van der Waals surface area contributed by atoms with Crippen LogP contribution in [0.4, 0.5) is 5.82 Å². The molecule has 2 aliphatic rings. The van der Waals surface area contributed by atoms with Gasteiger partial charge in [-0.15, -0.1) is 11.8 Å². The number of para-hydroxylation sites is 1. The van der Waals surface area contributed by atoms with E-state index in [0.717, 1.165) is 43.4 Å². The number of aromatic nitrogens is 2. The topological polar surface area (TPSA) is 76.1 Å². The molecule has 1 atom stereocenters. The fraction of sp³-hybridized carbons (Fsp3) is 0.545. The molecule has 0 bridgehead atoms. The van der Waals surface area contributed by atoms with Gasteiger partial charge in [0.1, 0.15) is 11.6 Å². The van der Waals surface area contributed by atoms with E-state index in [1.165, 1.54) is 24.6 Å². The molecule has 0 unspecified atom stereocenters. The van der Waals surface area contributed by atoms with Crippen molar-refractivity contribution in [1.29, 1.82) is 0 Å². The van der Waals surface area contributed by atoms with Crippen LogP contribution in [0.5, 0.6) is 5.75 Å². The van der Waals surface area contributed by atoms with Gasteiger partial charge in [-0.25, -0.2) is 0 Å². The van der Waals surface area contributed by atoms with E-state index in [0.29, 0.717) is 23.7 Å². The second-order valence-electron chi connectivity index (χ2n) is 7.84. The Morgan fingerprint density at radius 3 is 2.66 bits per heavy atom. The molecule has 0 spiro atoms. The molecule has 6 nitrogen and oxygen atoms in total. The minimum atomic E-state index is -0.243. The number of hydrogen-bond donors (Lipinski definition) is 2. The van der Waals surface area contributed by atoms with Crippen LogP contribution in [-0.2, 0) is 4.79 Å². The van der Waals surface area contributed by atoms with Crippen LogP contribution < -0.4 is 15.6 Å². The Hall–Kier alpha value is -2.15. The van der Waals surface area contributed by atoms with Gasteiger partial charge in [-0.05, 0) is 25.3 Å². The number of fused-ring (bicyclic) bond motifs is 1. The zero-order valence-corrected chi connectivity index (χ0v) is 17.7. The van der Waals surface area contributed by atoms with Crippen molar-refractivity contribution in [3.05, 3.63) is 45.7 Å². The van der Waals surface area contributed by atoms with E-state index in [1.807, 2.05) is 28.9 Å². The van der Waals surface area contributed by atoms with Gasteiger partial charge < -0.3 is 10.1 Å². The second-order valence-corrected chi connectivity index (χ2v) is 8.94. The molecular weight excluding hydrogens is 386 g/mol. The van der Waals surface area contributed by atoms with Crippen molar-refractivity contribution < 1.29 is 9.53 Å². The molecule has 156 valence electrons. The number of rotatable bonds is 5. The number of benzene rings is 1. The number of amides is 1. The number of carbonyl (C=O) groups excluding carboxylic acids is 1. The number of anilines is 1. The molecule has 0 saturated heterocycles. The summed E-state index contributed by atoms with van der Waals surface area (Å²) in [6.45, 7) is 2.69. The Labute approximate surface area is 175 Å². The van der Waals surface area contributed by atoms with Gasteiger partial charge in [0.25, 0.3) is 5.56 Å². The Morgan fingerprint density at radius 2 is 1.90 bits per heavy atom. The molecule has 1 amide bonds. The fourth-order valence-electron chi connectivity index (χ4n) is 4.32. The van der Waals surface area contributed by atoms with Gasteiger partial charge in [0.15, 0.2) is 0 Å². The zero-order chi connectivity index (χ0) is 20.2. The Morgan fingerprint density at radius 1 is 1.14 bits per heavy atom. The Balaban J connectivity index is 1.78. The van der Waals surface area contributed by atoms with E-state index in [2.05, 4.69) is 17.3 Å². The molecule has 2 N–H and O–H groups in total.